The number of anilines is 2. The second-order valence-electron chi connectivity index (χ2n) is 9.82. The summed E-state index contributed by atoms with van der Waals surface area (Å²) in [6.45, 7) is -1.99. The zero-order chi connectivity index (χ0) is 31.0. The molecule has 0 aliphatic carbocycles. The first kappa shape index (κ1) is 29.0. The summed E-state index contributed by atoms with van der Waals surface area (Å²) in [5, 5.41) is 85.5. The van der Waals surface area contributed by atoms with Gasteiger partial charge in [-0.25, -0.2) is 4.68 Å². The van der Waals surface area contributed by atoms with Crippen LogP contribution in [0.3, 0.4) is 0 Å². The molecule has 0 radical (unpaired) electrons. The molecule has 2 aromatic carbocycles. The van der Waals surface area contributed by atoms with E-state index in [0.29, 0.717) is 10.6 Å². The first-order chi connectivity index (χ1) is 19.4. The number of primary amides is 1. The lowest BCUT2D eigenvalue weighted by atomic mass is 9.89. The Balaban J connectivity index is 1.54. The highest BCUT2D eigenvalue weighted by molar-refractivity contribution is 6.10. The fourth-order valence-corrected chi connectivity index (χ4v) is 4.83. The van der Waals surface area contributed by atoms with Gasteiger partial charge in [-0.15, -0.1) is 0 Å². The van der Waals surface area contributed by atoms with Crippen molar-refractivity contribution in [3.8, 4) is 11.4 Å². The Morgan fingerprint density at radius 1 is 0.833 bits per heavy atom. The van der Waals surface area contributed by atoms with Crippen molar-refractivity contribution >= 4 is 29.1 Å². The first-order valence-corrected chi connectivity index (χ1v) is 12.0. The number of methoxy groups -OCH3 is 1. The van der Waals surface area contributed by atoms with E-state index in [1.54, 1.807) is 12.1 Å². The molecule has 0 spiro atoms. The number of piperidine rings is 1. The van der Waals surface area contributed by atoms with E-state index in [1.807, 2.05) is 0 Å². The second kappa shape index (κ2) is 9.28. The molecule has 222 valence electrons. The van der Waals surface area contributed by atoms with Gasteiger partial charge < -0.3 is 61.1 Å². The maximum absolute atomic E-state index is 13.8. The molecule has 17 heteroatoms. The van der Waals surface area contributed by atoms with Crippen molar-refractivity contribution in [2.75, 3.05) is 30.0 Å². The van der Waals surface area contributed by atoms with Crippen LogP contribution in [0.25, 0.3) is 5.69 Å². The molecular formula is C25H25N5O12. The van der Waals surface area contributed by atoms with Gasteiger partial charge in [-0.2, -0.15) is 5.10 Å². The molecule has 3 heterocycles. The number of hydrogen-bond acceptors (Lipinski definition) is 13. The van der Waals surface area contributed by atoms with Gasteiger partial charge in [0.25, 0.3) is 23.5 Å². The third-order valence-corrected chi connectivity index (χ3v) is 7.10. The summed E-state index contributed by atoms with van der Waals surface area (Å²) >= 11 is 0. The highest BCUT2D eigenvalue weighted by Gasteiger charge is 2.70. The van der Waals surface area contributed by atoms with Crippen molar-refractivity contribution in [1.29, 1.82) is 0 Å². The lowest BCUT2D eigenvalue weighted by molar-refractivity contribution is -0.440. The lowest BCUT2D eigenvalue weighted by Gasteiger charge is -2.49. The highest BCUT2D eigenvalue weighted by Crippen LogP contribution is 2.39. The maximum Gasteiger partial charge on any atom is 0.306 e. The Hall–Kier alpha value is -4.46. The number of hydrogen-bond donors (Lipinski definition) is 9. The minimum atomic E-state index is -4.03. The van der Waals surface area contributed by atoms with Crippen LogP contribution >= 0.6 is 0 Å². The zero-order valence-electron chi connectivity index (χ0n) is 21.6. The van der Waals surface area contributed by atoms with Crippen molar-refractivity contribution in [1.82, 2.24) is 9.78 Å². The number of aliphatic hydroxyl groups is 8. The van der Waals surface area contributed by atoms with Crippen molar-refractivity contribution in [2.45, 2.75) is 23.1 Å². The number of nitrogens with zero attached hydrogens (tertiary/aromatic N) is 4. The molecule has 5 rings (SSSR count). The molecule has 42 heavy (non-hydrogen) atoms. The third kappa shape index (κ3) is 4.11. The maximum atomic E-state index is 13.8. The number of carbonyl (C=O) groups is 3. The van der Waals surface area contributed by atoms with Crippen molar-refractivity contribution < 1.29 is 60.0 Å². The number of carbonyl (C=O) groups excluding carboxylic acids is 3. The van der Waals surface area contributed by atoms with Gasteiger partial charge in [0.05, 0.1) is 31.5 Å². The zero-order valence-corrected chi connectivity index (χ0v) is 21.6. The molecule has 0 bridgehead atoms. The molecule has 1 saturated heterocycles. The molecule has 3 amide bonds. The van der Waals surface area contributed by atoms with Crippen molar-refractivity contribution in [3.05, 3.63) is 65.5 Å². The number of aromatic nitrogens is 2. The molecule has 17 nitrogen and oxygen atoms in total. The SMILES string of the molecule is COc1ccc(-n2nc(C(N)=O)c3c2C(=O)N(c2ccc(N4CC(O)(O)C(O)(O)C(O)(O)C4=O)cc2)CC3(O)O)cc1. The van der Waals surface area contributed by atoms with E-state index in [-0.39, 0.29) is 17.1 Å². The largest absolute Gasteiger partial charge is 0.497 e. The summed E-state index contributed by atoms with van der Waals surface area (Å²) in [5.41, 5.74) is 4.06. The Bertz CT molecular complexity index is 1590. The molecule has 0 unspecified atom stereocenters. The molecular weight excluding hydrogens is 562 g/mol. The van der Waals surface area contributed by atoms with Crippen LogP contribution in [0.5, 0.6) is 5.75 Å². The molecule has 0 saturated carbocycles. The normalized spacial score (nSPS) is 20.3. The van der Waals surface area contributed by atoms with Crippen LogP contribution in [-0.4, -0.2) is 106 Å². The van der Waals surface area contributed by atoms with E-state index in [4.69, 9.17) is 10.5 Å². The molecule has 3 aromatic rings. The predicted octanol–water partition coefficient (Wildman–Crippen LogP) is -3.83. The number of ether oxygens (including phenoxy) is 1. The average molecular weight is 587 g/mol. The Kier molecular flexibility index (Phi) is 6.41. The van der Waals surface area contributed by atoms with Gasteiger partial charge in [0, 0.05) is 11.4 Å². The summed E-state index contributed by atoms with van der Waals surface area (Å²) in [6.07, 6.45) is 0. The minimum absolute atomic E-state index is 0.0200. The van der Waals surface area contributed by atoms with Crippen LogP contribution in [0, 0.1) is 0 Å². The number of fused-ring (bicyclic) bond motifs is 1. The van der Waals surface area contributed by atoms with Crippen LogP contribution in [0.1, 0.15) is 26.5 Å². The quantitative estimate of drug-likeness (QED) is 0.130. The predicted molar refractivity (Wildman–Crippen MR) is 137 cm³/mol. The van der Waals surface area contributed by atoms with Gasteiger partial charge in [-0.3, -0.25) is 14.4 Å². The monoisotopic (exact) mass is 587 g/mol. The summed E-state index contributed by atoms with van der Waals surface area (Å²) in [7, 11) is 1.44. The van der Waals surface area contributed by atoms with Crippen LogP contribution in [-0.2, 0) is 10.6 Å². The fourth-order valence-electron chi connectivity index (χ4n) is 4.83. The fraction of sp³-hybridized carbons (Fsp3) is 0.280. The van der Waals surface area contributed by atoms with Crippen LogP contribution in [0.4, 0.5) is 11.4 Å². The standard InChI is InChI=1S/C25H25N5O12/c1-42-15-8-6-14(7-9-15)30-18-16(17(27-30)19(26)31)22(34,35)10-28(20(18)32)12-2-4-13(5-3-12)29-11-23(36,37)25(40,41)24(38,39)21(29)33/h2-9,34-41H,10-11H2,1H3,(H2,26,31). The Morgan fingerprint density at radius 3 is 1.88 bits per heavy atom. The van der Waals surface area contributed by atoms with Gasteiger partial charge >= 0.3 is 5.79 Å². The van der Waals surface area contributed by atoms with Gasteiger partial charge in [0.1, 0.15) is 11.4 Å². The lowest BCUT2D eigenvalue weighted by Crippen LogP contribution is -2.80. The van der Waals surface area contributed by atoms with E-state index >= 15 is 0 Å². The average Bonchev–Trinajstić information content (AvgIpc) is 3.36. The smallest absolute Gasteiger partial charge is 0.306 e. The Morgan fingerprint density at radius 2 is 1.36 bits per heavy atom. The van der Waals surface area contributed by atoms with Gasteiger partial charge in [0.2, 0.25) is 11.6 Å². The summed E-state index contributed by atoms with van der Waals surface area (Å²) in [6, 6.07) is 10.8. The van der Waals surface area contributed by atoms with E-state index < -0.39 is 70.9 Å². The first-order valence-electron chi connectivity index (χ1n) is 12.0. The summed E-state index contributed by atoms with van der Waals surface area (Å²) in [4.78, 5) is 39.9. The minimum Gasteiger partial charge on any atom is -0.497 e. The number of amides is 3. The van der Waals surface area contributed by atoms with Crippen LogP contribution in [0.15, 0.2) is 48.5 Å². The topological polar surface area (TPSA) is 273 Å². The molecule has 2 aliphatic heterocycles. The molecule has 0 atom stereocenters. The van der Waals surface area contributed by atoms with Gasteiger partial charge in [-0.1, -0.05) is 0 Å². The van der Waals surface area contributed by atoms with Gasteiger partial charge in [0.15, 0.2) is 5.69 Å². The second-order valence-corrected chi connectivity index (χ2v) is 9.82. The Labute approximate surface area is 235 Å². The van der Waals surface area contributed by atoms with E-state index in [1.165, 1.54) is 31.4 Å². The van der Waals surface area contributed by atoms with E-state index in [0.717, 1.165) is 21.7 Å². The van der Waals surface area contributed by atoms with E-state index in [9.17, 15) is 55.2 Å². The van der Waals surface area contributed by atoms with E-state index in [2.05, 4.69) is 5.10 Å². The molecule has 1 fully saturated rings. The van der Waals surface area contributed by atoms with Crippen molar-refractivity contribution in [3.63, 3.8) is 0 Å². The van der Waals surface area contributed by atoms with Crippen LogP contribution < -0.4 is 20.3 Å². The van der Waals surface area contributed by atoms with Crippen LogP contribution in [0.2, 0.25) is 0 Å². The summed E-state index contributed by atoms with van der Waals surface area (Å²) < 4.78 is 6.14. The van der Waals surface area contributed by atoms with Crippen molar-refractivity contribution in [2.24, 2.45) is 5.73 Å². The third-order valence-electron chi connectivity index (χ3n) is 7.10. The molecule has 2 aliphatic rings. The van der Waals surface area contributed by atoms with Gasteiger partial charge in [-0.05, 0) is 48.5 Å². The number of nitrogens with two attached hydrogens (primary N) is 1. The number of β-amino-alcohol motifs (C(OH)–C–C–N with tert-alkyl or cyclic N) is 4. The molecule has 10 N–H and O–H groups in total. The highest BCUT2D eigenvalue weighted by atomic mass is 16.7. The number of rotatable bonds is 5. The summed E-state index contributed by atoms with van der Waals surface area (Å²) in [5.74, 6) is -17.6. The number of benzene rings is 2. The molecule has 1 aromatic heterocycles.